The lowest BCUT2D eigenvalue weighted by Crippen LogP contribution is -2.49. The lowest BCUT2D eigenvalue weighted by Gasteiger charge is -2.25. The molecule has 0 spiro atoms. The zero-order chi connectivity index (χ0) is 30.8. The molecule has 0 bridgehead atoms. The van der Waals surface area contributed by atoms with Crippen LogP contribution in [0.5, 0.6) is 11.5 Å². The number of phenolic OH excluding ortho intramolecular Hbond substituents is 2. The molecule has 0 saturated heterocycles. The van der Waals surface area contributed by atoms with Gasteiger partial charge in [0.1, 0.15) is 34.6 Å². The van der Waals surface area contributed by atoms with Crippen LogP contribution in [0.25, 0.3) is 12.2 Å². The molecule has 0 radical (unpaired) electrons. The van der Waals surface area contributed by atoms with Crippen LogP contribution in [-0.4, -0.2) is 53.5 Å². The lowest BCUT2D eigenvalue weighted by molar-refractivity contribution is -0.121. The van der Waals surface area contributed by atoms with E-state index in [1.54, 1.807) is 60.7 Å². The molecule has 2 N–H and O–H groups in total. The summed E-state index contributed by atoms with van der Waals surface area (Å²) in [6.07, 6.45) is 3.18. The Bertz CT molecular complexity index is 1790. The summed E-state index contributed by atoms with van der Waals surface area (Å²) in [7, 11) is 0. The average molecular weight is 615 g/mol. The molecule has 44 heavy (non-hydrogen) atoms. The Hall–Kier alpha value is -5.58. The minimum absolute atomic E-state index is 0.0930. The summed E-state index contributed by atoms with van der Waals surface area (Å²) in [6, 6.07) is 30.8. The number of phenols is 2. The second kappa shape index (κ2) is 12.0. The van der Waals surface area contributed by atoms with Gasteiger partial charge in [-0.25, -0.2) is 19.8 Å². The number of hydrogen-bond acceptors (Lipinski definition) is 8. The topological polar surface area (TPSA) is 106 Å². The maximum Gasteiger partial charge on any atom is 0.283 e. The zero-order valence-electron chi connectivity index (χ0n) is 22.9. The fourth-order valence-electron chi connectivity index (χ4n) is 4.62. The number of aromatic hydroxyl groups is 2. The number of benzene rings is 4. The molecule has 0 aromatic heterocycles. The van der Waals surface area contributed by atoms with E-state index in [1.165, 1.54) is 34.1 Å². The molecule has 4 aromatic rings. The zero-order valence-corrected chi connectivity index (χ0v) is 24.5. The highest BCUT2D eigenvalue weighted by Crippen LogP contribution is 2.28. The van der Waals surface area contributed by atoms with Crippen LogP contribution in [0.4, 0.5) is 0 Å². The van der Waals surface area contributed by atoms with Gasteiger partial charge in [0.15, 0.2) is 9.98 Å². The van der Waals surface area contributed by atoms with Crippen LogP contribution < -0.4 is 0 Å². The predicted octanol–water partition coefficient (Wildman–Crippen LogP) is 5.71. The van der Waals surface area contributed by atoms with Gasteiger partial charge in [0.2, 0.25) is 0 Å². The van der Waals surface area contributed by atoms with Crippen molar-refractivity contribution in [3.05, 3.63) is 143 Å². The van der Waals surface area contributed by atoms with Crippen LogP contribution in [0.1, 0.15) is 22.3 Å². The molecule has 8 nitrogen and oxygen atoms in total. The van der Waals surface area contributed by atoms with Crippen molar-refractivity contribution in [1.29, 1.82) is 0 Å². The first-order valence-corrected chi connectivity index (χ1v) is 14.2. The second-order valence-electron chi connectivity index (χ2n) is 9.74. The molecule has 2 heterocycles. The third-order valence-electron chi connectivity index (χ3n) is 6.77. The fraction of sp³-hybridized carbons (Fsp3) is 0. The van der Waals surface area contributed by atoms with Gasteiger partial charge in [-0.2, -0.15) is 0 Å². The van der Waals surface area contributed by atoms with Crippen molar-refractivity contribution >= 4 is 70.1 Å². The first-order chi connectivity index (χ1) is 21.3. The van der Waals surface area contributed by atoms with E-state index in [-0.39, 0.29) is 44.5 Å². The van der Waals surface area contributed by atoms with Crippen molar-refractivity contribution in [3.8, 4) is 11.5 Å². The molecule has 10 heteroatoms. The molecule has 2 aliphatic rings. The average Bonchev–Trinajstić information content (AvgIpc) is 3.55. The summed E-state index contributed by atoms with van der Waals surface area (Å²) in [5, 5.41) is 19.3. The third kappa shape index (κ3) is 5.59. The first-order valence-electron chi connectivity index (χ1n) is 13.4. The summed E-state index contributed by atoms with van der Waals surface area (Å²) in [5.41, 5.74) is 2.76. The lowest BCUT2D eigenvalue weighted by atomic mass is 10.1. The molecule has 6 rings (SSSR count). The van der Waals surface area contributed by atoms with E-state index in [4.69, 9.17) is 24.4 Å². The number of carbonyl (C=O) groups is 2. The summed E-state index contributed by atoms with van der Waals surface area (Å²) in [5.74, 6) is -0.327. The van der Waals surface area contributed by atoms with Gasteiger partial charge in [-0.05, 0) is 47.5 Å². The van der Waals surface area contributed by atoms with Crippen molar-refractivity contribution < 1.29 is 19.8 Å². The number of thiocarbonyl (C=S) groups is 2. The van der Waals surface area contributed by atoms with Crippen molar-refractivity contribution in [2.75, 3.05) is 0 Å². The molecular formula is C34H22N4O4S2. The summed E-state index contributed by atoms with van der Waals surface area (Å²) in [4.78, 5) is 39.3. The van der Waals surface area contributed by atoms with E-state index in [0.29, 0.717) is 22.3 Å². The number of nitrogens with zero attached hydrogens (tertiary/aromatic N) is 4. The Labute approximate surface area is 263 Å². The number of rotatable bonds is 4. The van der Waals surface area contributed by atoms with Gasteiger partial charge in [0.05, 0.1) is 0 Å². The van der Waals surface area contributed by atoms with Gasteiger partial charge >= 0.3 is 0 Å². The van der Waals surface area contributed by atoms with E-state index < -0.39 is 11.8 Å². The minimum Gasteiger partial charge on any atom is -0.508 e. The maximum absolute atomic E-state index is 13.9. The maximum atomic E-state index is 13.9. The number of aliphatic imine (C=N–C) groups is 2. The van der Waals surface area contributed by atoms with E-state index in [0.717, 1.165) is 0 Å². The summed E-state index contributed by atoms with van der Waals surface area (Å²) in [6.45, 7) is 0. The van der Waals surface area contributed by atoms with Crippen molar-refractivity contribution in [1.82, 2.24) is 9.80 Å². The van der Waals surface area contributed by atoms with Gasteiger partial charge in [0.25, 0.3) is 11.8 Å². The highest BCUT2D eigenvalue weighted by Gasteiger charge is 2.41. The van der Waals surface area contributed by atoms with Crippen LogP contribution >= 0.6 is 24.4 Å². The Morgan fingerprint density at radius 1 is 0.545 bits per heavy atom. The Morgan fingerprint density at radius 3 is 1.23 bits per heavy atom. The van der Waals surface area contributed by atoms with E-state index in [1.807, 2.05) is 36.4 Å². The fourth-order valence-corrected chi connectivity index (χ4v) is 5.14. The van der Waals surface area contributed by atoms with Crippen molar-refractivity contribution in [3.63, 3.8) is 0 Å². The molecule has 0 fully saturated rings. The normalized spacial score (nSPS) is 16.5. The molecule has 0 saturated carbocycles. The highest BCUT2D eigenvalue weighted by atomic mass is 32.1. The van der Waals surface area contributed by atoms with Gasteiger partial charge < -0.3 is 10.2 Å². The van der Waals surface area contributed by atoms with Crippen molar-refractivity contribution in [2.45, 2.75) is 0 Å². The smallest absolute Gasteiger partial charge is 0.283 e. The molecule has 2 aliphatic heterocycles. The number of amidine groups is 2. The number of amides is 2. The number of carbonyl (C=O) groups excluding carboxylic acids is 2. The summed E-state index contributed by atoms with van der Waals surface area (Å²) < 4.78 is 0. The van der Waals surface area contributed by atoms with Gasteiger partial charge in [-0.15, -0.1) is 0 Å². The monoisotopic (exact) mass is 614 g/mol. The third-order valence-corrected chi connectivity index (χ3v) is 7.65. The standard InChI is InChI=1S/C34H22N4O4S2/c39-25-15-11-21(12-16-25)19-27-31(41)37(29(35-27)23-7-3-1-4-8-23)33(43)34(44)38-30(24-9-5-2-6-10-24)36-28(32(38)42)20-22-13-17-26(40)18-14-22/h1-20,39-40H/b27-19-,28-20+. The first kappa shape index (κ1) is 28.5. The van der Waals surface area contributed by atoms with Crippen LogP contribution in [0, 0.1) is 0 Å². The Kier molecular flexibility index (Phi) is 7.76. The largest absolute Gasteiger partial charge is 0.508 e. The van der Waals surface area contributed by atoms with E-state index in [2.05, 4.69) is 9.98 Å². The highest BCUT2D eigenvalue weighted by molar-refractivity contribution is 7.89. The van der Waals surface area contributed by atoms with E-state index in [9.17, 15) is 19.8 Å². The minimum atomic E-state index is -0.519. The molecule has 0 aliphatic carbocycles. The van der Waals surface area contributed by atoms with Crippen molar-refractivity contribution in [2.24, 2.45) is 9.98 Å². The van der Waals surface area contributed by atoms with E-state index >= 15 is 0 Å². The summed E-state index contributed by atoms with van der Waals surface area (Å²) >= 11 is 11.7. The second-order valence-corrected chi connectivity index (χ2v) is 10.5. The SMILES string of the molecule is O=C1/C(=C/c2ccc(O)cc2)N=C(c2ccccc2)N1C(=S)C(=S)N1C(=O)/C(=C\c2ccc(O)cc2)N=C1c1ccccc1. The van der Waals surface area contributed by atoms with Gasteiger partial charge in [-0.3, -0.25) is 9.59 Å². The molecule has 2 amide bonds. The van der Waals surface area contributed by atoms with Gasteiger partial charge in [0, 0.05) is 11.1 Å². The Balaban J connectivity index is 1.39. The predicted molar refractivity (Wildman–Crippen MR) is 177 cm³/mol. The van der Waals surface area contributed by atoms with Crippen LogP contribution in [-0.2, 0) is 9.59 Å². The number of hydrogen-bond donors (Lipinski definition) is 2. The molecule has 4 aromatic carbocycles. The molecule has 0 atom stereocenters. The quantitative estimate of drug-likeness (QED) is 0.225. The van der Waals surface area contributed by atoms with Gasteiger partial charge in [-0.1, -0.05) is 109 Å². The molecular weight excluding hydrogens is 593 g/mol. The van der Waals surface area contributed by atoms with Crippen LogP contribution in [0.3, 0.4) is 0 Å². The Morgan fingerprint density at radius 2 is 0.886 bits per heavy atom. The molecule has 214 valence electrons. The molecule has 0 unspecified atom stereocenters. The van der Waals surface area contributed by atoms with Crippen LogP contribution in [0.15, 0.2) is 131 Å². The van der Waals surface area contributed by atoms with Crippen LogP contribution in [0.2, 0.25) is 0 Å².